The predicted octanol–water partition coefficient (Wildman–Crippen LogP) is 3.87. The van der Waals surface area contributed by atoms with E-state index in [4.69, 9.17) is 11.6 Å². The zero-order valence-corrected chi connectivity index (χ0v) is 14.0. The molecular formula is C17H26ClFN2. The Morgan fingerprint density at radius 3 is 2.48 bits per heavy atom. The van der Waals surface area contributed by atoms with Crippen molar-refractivity contribution in [1.82, 2.24) is 10.2 Å². The number of nitrogens with zero attached hydrogens (tertiary/aromatic N) is 1. The second-order valence-electron chi connectivity index (χ2n) is 6.30. The maximum absolute atomic E-state index is 14.1. The van der Waals surface area contributed by atoms with E-state index in [1.54, 1.807) is 12.1 Å². The normalized spacial score (nSPS) is 19.7. The third-order valence-corrected chi connectivity index (χ3v) is 5.43. The van der Waals surface area contributed by atoms with Crippen molar-refractivity contribution in [2.75, 3.05) is 21.1 Å². The van der Waals surface area contributed by atoms with Crippen molar-refractivity contribution < 1.29 is 4.39 Å². The van der Waals surface area contributed by atoms with Crippen LogP contribution in [0.2, 0.25) is 5.02 Å². The van der Waals surface area contributed by atoms with Crippen LogP contribution in [0.1, 0.15) is 37.7 Å². The minimum atomic E-state index is -0.201. The Morgan fingerprint density at radius 2 is 1.95 bits per heavy atom. The van der Waals surface area contributed by atoms with Gasteiger partial charge in [0.25, 0.3) is 0 Å². The van der Waals surface area contributed by atoms with Crippen LogP contribution in [-0.4, -0.2) is 37.6 Å². The average Bonchev–Trinajstić information content (AvgIpc) is 2.47. The SMILES string of the molecule is CNC(Cc1c(F)cccc1Cl)C1(N(C)C)CCCCC1. The second kappa shape index (κ2) is 7.08. The molecule has 1 saturated carbocycles. The summed E-state index contributed by atoms with van der Waals surface area (Å²) in [5.41, 5.74) is 0.712. The molecule has 2 nitrogen and oxygen atoms in total. The molecule has 1 aromatic carbocycles. The molecular weight excluding hydrogens is 287 g/mol. The van der Waals surface area contributed by atoms with Gasteiger partial charge in [0.05, 0.1) is 0 Å². The molecule has 1 aliphatic rings. The molecule has 2 rings (SSSR count). The Morgan fingerprint density at radius 1 is 1.29 bits per heavy atom. The van der Waals surface area contributed by atoms with Crippen molar-refractivity contribution in [1.29, 1.82) is 0 Å². The fraction of sp³-hybridized carbons (Fsp3) is 0.647. The lowest BCUT2D eigenvalue weighted by molar-refractivity contribution is 0.0595. The Labute approximate surface area is 132 Å². The van der Waals surface area contributed by atoms with Gasteiger partial charge in [0, 0.05) is 22.2 Å². The lowest BCUT2D eigenvalue weighted by atomic mass is 9.73. The molecule has 1 aromatic rings. The maximum atomic E-state index is 14.1. The average molecular weight is 313 g/mol. The van der Waals surface area contributed by atoms with Gasteiger partial charge in [-0.1, -0.05) is 36.9 Å². The van der Waals surface area contributed by atoms with Crippen LogP contribution in [0.4, 0.5) is 4.39 Å². The number of hydrogen-bond donors (Lipinski definition) is 1. The fourth-order valence-electron chi connectivity index (χ4n) is 3.76. The number of benzene rings is 1. The third-order valence-electron chi connectivity index (χ3n) is 5.08. The summed E-state index contributed by atoms with van der Waals surface area (Å²) in [7, 11) is 6.25. The van der Waals surface area contributed by atoms with Crippen LogP contribution >= 0.6 is 11.6 Å². The van der Waals surface area contributed by atoms with Crippen LogP contribution in [0.25, 0.3) is 0 Å². The van der Waals surface area contributed by atoms with Gasteiger partial charge >= 0.3 is 0 Å². The van der Waals surface area contributed by atoms with Crippen LogP contribution in [0.5, 0.6) is 0 Å². The third kappa shape index (κ3) is 3.41. The number of halogens is 2. The smallest absolute Gasteiger partial charge is 0.127 e. The molecule has 1 aliphatic carbocycles. The van der Waals surface area contributed by atoms with Crippen LogP contribution in [0.3, 0.4) is 0 Å². The summed E-state index contributed by atoms with van der Waals surface area (Å²) < 4.78 is 14.1. The van der Waals surface area contributed by atoms with E-state index in [0.29, 0.717) is 17.0 Å². The highest BCUT2D eigenvalue weighted by Gasteiger charge is 2.41. The summed E-state index contributed by atoms with van der Waals surface area (Å²) in [5, 5.41) is 3.96. The van der Waals surface area contributed by atoms with E-state index in [1.807, 2.05) is 7.05 Å². The van der Waals surface area contributed by atoms with Gasteiger partial charge < -0.3 is 10.2 Å². The molecule has 0 heterocycles. The minimum absolute atomic E-state index is 0.0820. The van der Waals surface area contributed by atoms with E-state index in [-0.39, 0.29) is 17.4 Å². The molecule has 1 fully saturated rings. The molecule has 1 unspecified atom stereocenters. The van der Waals surface area contributed by atoms with Crippen molar-refractivity contribution in [2.45, 2.75) is 50.1 Å². The molecule has 1 N–H and O–H groups in total. The summed E-state index contributed by atoms with van der Waals surface area (Å²) in [6, 6.07) is 5.13. The first-order valence-corrected chi connectivity index (χ1v) is 8.16. The minimum Gasteiger partial charge on any atom is -0.315 e. The molecule has 4 heteroatoms. The Balaban J connectivity index is 2.29. The fourth-order valence-corrected chi connectivity index (χ4v) is 4.00. The first-order valence-electron chi connectivity index (χ1n) is 7.79. The summed E-state index contributed by atoms with van der Waals surface area (Å²) in [5.74, 6) is -0.201. The van der Waals surface area contributed by atoms with Crippen LogP contribution in [0, 0.1) is 5.82 Å². The highest BCUT2D eigenvalue weighted by molar-refractivity contribution is 6.31. The molecule has 1 atom stereocenters. The van der Waals surface area contributed by atoms with Crippen molar-refractivity contribution in [3.63, 3.8) is 0 Å². The van der Waals surface area contributed by atoms with E-state index in [2.05, 4.69) is 24.3 Å². The molecule has 0 bridgehead atoms. The predicted molar refractivity (Wildman–Crippen MR) is 87.5 cm³/mol. The summed E-state index contributed by atoms with van der Waals surface area (Å²) >= 11 is 6.21. The quantitative estimate of drug-likeness (QED) is 0.888. The van der Waals surface area contributed by atoms with Crippen molar-refractivity contribution in [2.24, 2.45) is 0 Å². The van der Waals surface area contributed by atoms with Gasteiger partial charge in [-0.15, -0.1) is 0 Å². The van der Waals surface area contributed by atoms with Crippen molar-refractivity contribution in [3.8, 4) is 0 Å². The Kier molecular flexibility index (Phi) is 5.64. The topological polar surface area (TPSA) is 15.3 Å². The summed E-state index contributed by atoms with van der Waals surface area (Å²) in [6.07, 6.45) is 6.70. The van der Waals surface area contributed by atoms with Crippen LogP contribution in [0.15, 0.2) is 18.2 Å². The lowest BCUT2D eigenvalue weighted by Crippen LogP contribution is -2.60. The van der Waals surface area contributed by atoms with E-state index < -0.39 is 0 Å². The monoisotopic (exact) mass is 312 g/mol. The van der Waals surface area contributed by atoms with Crippen LogP contribution in [-0.2, 0) is 6.42 Å². The first kappa shape index (κ1) is 16.7. The summed E-state index contributed by atoms with van der Waals surface area (Å²) in [4.78, 5) is 2.32. The molecule has 0 amide bonds. The number of nitrogens with one attached hydrogen (secondary N) is 1. The Bertz CT molecular complexity index is 450. The van der Waals surface area contributed by atoms with Gasteiger partial charge in [-0.2, -0.15) is 0 Å². The standard InChI is InChI=1S/C17H26ClFN2/c1-20-16(12-13-14(18)8-7-9-15(13)19)17(21(2)3)10-5-4-6-11-17/h7-9,16,20H,4-6,10-12H2,1-3H3. The zero-order chi connectivity index (χ0) is 15.5. The first-order chi connectivity index (χ1) is 10.0. The summed E-state index contributed by atoms with van der Waals surface area (Å²) in [6.45, 7) is 0. The number of hydrogen-bond acceptors (Lipinski definition) is 2. The van der Waals surface area contributed by atoms with Gasteiger partial charge in [-0.3, -0.25) is 0 Å². The second-order valence-corrected chi connectivity index (χ2v) is 6.71. The van der Waals surface area contributed by atoms with Gasteiger partial charge in [0.1, 0.15) is 5.82 Å². The molecule has 0 saturated heterocycles. The van der Waals surface area contributed by atoms with Gasteiger partial charge in [-0.25, -0.2) is 4.39 Å². The molecule has 0 aliphatic heterocycles. The zero-order valence-electron chi connectivity index (χ0n) is 13.3. The van der Waals surface area contributed by atoms with Gasteiger partial charge in [0.15, 0.2) is 0 Å². The number of likely N-dealkylation sites (N-methyl/N-ethyl adjacent to an activating group) is 2. The van der Waals surface area contributed by atoms with E-state index >= 15 is 0 Å². The van der Waals surface area contributed by atoms with Crippen molar-refractivity contribution >= 4 is 11.6 Å². The Hall–Kier alpha value is -0.640. The highest BCUT2D eigenvalue weighted by atomic mass is 35.5. The molecule has 118 valence electrons. The number of rotatable bonds is 5. The van der Waals surface area contributed by atoms with Crippen LogP contribution < -0.4 is 5.32 Å². The molecule has 0 spiro atoms. The molecule has 0 radical (unpaired) electrons. The van der Waals surface area contributed by atoms with Gasteiger partial charge in [-0.05, 0) is 52.5 Å². The van der Waals surface area contributed by atoms with E-state index in [0.717, 1.165) is 12.8 Å². The van der Waals surface area contributed by atoms with E-state index in [1.165, 1.54) is 25.3 Å². The maximum Gasteiger partial charge on any atom is 0.127 e. The molecule has 0 aromatic heterocycles. The largest absolute Gasteiger partial charge is 0.315 e. The lowest BCUT2D eigenvalue weighted by Gasteiger charge is -2.48. The van der Waals surface area contributed by atoms with Crippen molar-refractivity contribution in [3.05, 3.63) is 34.6 Å². The highest BCUT2D eigenvalue weighted by Crippen LogP contribution is 2.37. The van der Waals surface area contributed by atoms with Gasteiger partial charge in [0.2, 0.25) is 0 Å². The van der Waals surface area contributed by atoms with E-state index in [9.17, 15) is 4.39 Å². The molecule has 21 heavy (non-hydrogen) atoms.